The van der Waals surface area contributed by atoms with Gasteiger partial charge in [-0.15, -0.1) is 0 Å². The van der Waals surface area contributed by atoms with Crippen LogP contribution < -0.4 is 11.1 Å². The third kappa shape index (κ3) is 10.5. The van der Waals surface area contributed by atoms with E-state index in [4.69, 9.17) is 5.73 Å². The fraction of sp³-hybridized carbons (Fsp3) is 0.818. The molecule has 0 heterocycles. The zero-order valence-corrected chi connectivity index (χ0v) is 12.5. The van der Waals surface area contributed by atoms with Gasteiger partial charge in [0.1, 0.15) is 0 Å². The fourth-order valence-electron chi connectivity index (χ4n) is 1.07. The summed E-state index contributed by atoms with van der Waals surface area (Å²) in [6.07, 6.45) is 1.12. The maximum Gasteiger partial charge on any atom is 0.231 e. The first-order valence-corrected chi connectivity index (χ1v) is 7.93. The minimum atomic E-state index is -0.277. The molecule has 2 amide bonds. The molecule has 0 bridgehead atoms. The predicted octanol–water partition coefficient (Wildman–Crippen LogP) is 1.94. The van der Waals surface area contributed by atoms with Gasteiger partial charge in [-0.25, -0.2) is 0 Å². The van der Waals surface area contributed by atoms with Crippen LogP contribution in [0, 0.1) is 0 Å². The lowest BCUT2D eigenvalue weighted by atomic mass is 10.1. The van der Waals surface area contributed by atoms with E-state index in [1.165, 1.54) is 10.8 Å². The molecule has 0 spiro atoms. The van der Waals surface area contributed by atoms with Crippen molar-refractivity contribution in [2.75, 3.05) is 5.75 Å². The summed E-state index contributed by atoms with van der Waals surface area (Å²) in [4.78, 5) is 22.1. The lowest BCUT2D eigenvalue weighted by molar-refractivity contribution is -0.119. The topological polar surface area (TPSA) is 72.2 Å². The van der Waals surface area contributed by atoms with E-state index in [1.807, 2.05) is 27.7 Å². The number of carbonyl (C=O) groups is 2. The maximum atomic E-state index is 11.4. The first-order chi connectivity index (χ1) is 7.73. The number of nitrogens with one attached hydrogen (secondary N) is 1. The second-order valence-electron chi connectivity index (χ2n) is 4.79. The van der Waals surface area contributed by atoms with E-state index in [-0.39, 0.29) is 22.6 Å². The molecule has 0 aliphatic heterocycles. The Balaban J connectivity index is 3.78. The van der Waals surface area contributed by atoms with Gasteiger partial charge in [0.25, 0.3) is 0 Å². The van der Waals surface area contributed by atoms with Crippen molar-refractivity contribution >= 4 is 33.4 Å². The zero-order valence-electron chi connectivity index (χ0n) is 10.9. The van der Waals surface area contributed by atoms with E-state index >= 15 is 0 Å². The Morgan fingerprint density at radius 3 is 2.41 bits per heavy atom. The van der Waals surface area contributed by atoms with Crippen LogP contribution in [-0.2, 0) is 9.59 Å². The fourth-order valence-corrected chi connectivity index (χ4v) is 3.53. The van der Waals surface area contributed by atoms with Crippen LogP contribution in [0.2, 0.25) is 0 Å². The van der Waals surface area contributed by atoms with E-state index in [2.05, 4.69) is 5.32 Å². The first kappa shape index (κ1) is 16.6. The Hall–Kier alpha value is -0.360. The summed E-state index contributed by atoms with van der Waals surface area (Å²) in [5.41, 5.74) is 5.11. The molecule has 0 aromatic heterocycles. The molecule has 0 rings (SSSR count). The highest BCUT2D eigenvalue weighted by atomic mass is 33.1. The lowest BCUT2D eigenvalue weighted by Crippen LogP contribution is -2.31. The van der Waals surface area contributed by atoms with Crippen LogP contribution in [0.5, 0.6) is 0 Å². The second-order valence-corrected chi connectivity index (χ2v) is 7.80. The normalized spacial score (nSPS) is 11.6. The Kier molecular flexibility index (Phi) is 7.70. The molecule has 0 atom stereocenters. The van der Waals surface area contributed by atoms with Crippen LogP contribution in [0.1, 0.15) is 40.5 Å². The molecule has 100 valence electrons. The number of primary amides is 1. The zero-order chi connectivity index (χ0) is 13.5. The van der Waals surface area contributed by atoms with Crippen molar-refractivity contribution in [3.63, 3.8) is 0 Å². The standard InChI is InChI=1S/C11H22N2O2S2/c1-8(2)13-10(15)7-16-17-11(3,4)6-5-9(12)14/h8H,5-7H2,1-4H3,(H2,12,14)(H,13,15). The summed E-state index contributed by atoms with van der Waals surface area (Å²) in [6, 6.07) is 0.177. The number of nitrogens with two attached hydrogens (primary N) is 1. The van der Waals surface area contributed by atoms with Crippen molar-refractivity contribution in [1.29, 1.82) is 0 Å². The van der Waals surface area contributed by atoms with E-state index in [0.29, 0.717) is 12.2 Å². The Labute approximate surface area is 111 Å². The number of amides is 2. The van der Waals surface area contributed by atoms with E-state index in [1.54, 1.807) is 10.8 Å². The SMILES string of the molecule is CC(C)NC(=O)CSSC(C)(C)CCC(N)=O. The summed E-state index contributed by atoms with van der Waals surface area (Å²) < 4.78 is -0.0438. The Bertz CT molecular complexity index is 268. The van der Waals surface area contributed by atoms with Crippen LogP contribution in [0.4, 0.5) is 0 Å². The minimum Gasteiger partial charge on any atom is -0.370 e. The number of hydrogen-bond acceptors (Lipinski definition) is 4. The molecule has 0 aliphatic carbocycles. The minimum absolute atomic E-state index is 0.0438. The van der Waals surface area contributed by atoms with Gasteiger partial charge < -0.3 is 11.1 Å². The van der Waals surface area contributed by atoms with Crippen LogP contribution in [0.15, 0.2) is 0 Å². The molecule has 4 nitrogen and oxygen atoms in total. The summed E-state index contributed by atoms with van der Waals surface area (Å²) in [7, 11) is 3.14. The van der Waals surface area contributed by atoms with Crippen molar-refractivity contribution in [3.8, 4) is 0 Å². The van der Waals surface area contributed by atoms with Gasteiger partial charge in [0.05, 0.1) is 5.75 Å². The summed E-state index contributed by atoms with van der Waals surface area (Å²) in [5, 5.41) is 2.83. The van der Waals surface area contributed by atoms with Crippen molar-refractivity contribution in [2.24, 2.45) is 5.73 Å². The predicted molar refractivity (Wildman–Crippen MR) is 75.8 cm³/mol. The molecule has 0 saturated heterocycles. The summed E-state index contributed by atoms with van der Waals surface area (Å²) >= 11 is 0. The largest absolute Gasteiger partial charge is 0.370 e. The highest BCUT2D eigenvalue weighted by Gasteiger charge is 2.20. The average Bonchev–Trinajstić information content (AvgIpc) is 2.13. The molecule has 0 unspecified atom stereocenters. The van der Waals surface area contributed by atoms with Gasteiger partial charge in [-0.05, 0) is 34.1 Å². The second kappa shape index (κ2) is 7.87. The highest BCUT2D eigenvalue weighted by molar-refractivity contribution is 8.77. The molecule has 0 radical (unpaired) electrons. The van der Waals surface area contributed by atoms with Gasteiger partial charge in [-0.1, -0.05) is 21.6 Å². The van der Waals surface area contributed by atoms with Crippen LogP contribution in [-0.4, -0.2) is 28.4 Å². The third-order valence-corrected chi connectivity index (χ3v) is 5.11. The van der Waals surface area contributed by atoms with Crippen LogP contribution >= 0.6 is 21.6 Å². The number of carbonyl (C=O) groups excluding carboxylic acids is 2. The smallest absolute Gasteiger partial charge is 0.231 e. The maximum absolute atomic E-state index is 11.4. The molecule has 3 N–H and O–H groups in total. The molecule has 17 heavy (non-hydrogen) atoms. The lowest BCUT2D eigenvalue weighted by Gasteiger charge is -2.22. The van der Waals surface area contributed by atoms with E-state index in [0.717, 1.165) is 6.42 Å². The van der Waals surface area contributed by atoms with Gasteiger partial charge in [0, 0.05) is 17.2 Å². The van der Waals surface area contributed by atoms with Gasteiger partial charge in [-0.3, -0.25) is 9.59 Å². The third-order valence-electron chi connectivity index (χ3n) is 1.90. The summed E-state index contributed by atoms with van der Waals surface area (Å²) in [6.45, 7) is 7.97. The molecule has 0 aromatic carbocycles. The average molecular weight is 278 g/mol. The van der Waals surface area contributed by atoms with Gasteiger partial charge >= 0.3 is 0 Å². The van der Waals surface area contributed by atoms with Gasteiger partial charge in [0.2, 0.25) is 11.8 Å². The van der Waals surface area contributed by atoms with Crippen LogP contribution in [0.25, 0.3) is 0 Å². The highest BCUT2D eigenvalue weighted by Crippen LogP contribution is 2.38. The molecule has 0 aromatic rings. The first-order valence-electron chi connectivity index (χ1n) is 5.61. The van der Waals surface area contributed by atoms with Gasteiger partial charge in [-0.2, -0.15) is 0 Å². The molecule has 0 aliphatic rings. The van der Waals surface area contributed by atoms with Crippen molar-refractivity contribution < 1.29 is 9.59 Å². The number of hydrogen-bond donors (Lipinski definition) is 2. The summed E-state index contributed by atoms with van der Waals surface area (Å²) in [5.74, 6) is 0.201. The van der Waals surface area contributed by atoms with E-state index in [9.17, 15) is 9.59 Å². The number of rotatable bonds is 8. The van der Waals surface area contributed by atoms with Crippen molar-refractivity contribution in [1.82, 2.24) is 5.32 Å². The van der Waals surface area contributed by atoms with E-state index < -0.39 is 0 Å². The monoisotopic (exact) mass is 278 g/mol. The molecule has 6 heteroatoms. The molecule has 0 fully saturated rings. The van der Waals surface area contributed by atoms with Gasteiger partial charge in [0.15, 0.2) is 0 Å². The van der Waals surface area contributed by atoms with Crippen molar-refractivity contribution in [2.45, 2.75) is 51.3 Å². The van der Waals surface area contributed by atoms with Crippen molar-refractivity contribution in [3.05, 3.63) is 0 Å². The Morgan fingerprint density at radius 2 is 1.94 bits per heavy atom. The molecular formula is C11H22N2O2S2. The molecule has 0 saturated carbocycles. The molecular weight excluding hydrogens is 256 g/mol. The Morgan fingerprint density at radius 1 is 1.35 bits per heavy atom. The quantitative estimate of drug-likeness (QED) is 0.666. The van der Waals surface area contributed by atoms with Crippen LogP contribution in [0.3, 0.4) is 0 Å².